The molecule has 0 saturated carbocycles. The number of hydrogen-bond acceptors (Lipinski definition) is 3. The molecule has 1 aromatic carbocycles. The molecule has 62 valence electrons. The van der Waals surface area contributed by atoms with Gasteiger partial charge in [-0.3, -0.25) is 4.99 Å². The number of hydrogen-bond donors (Lipinski definition) is 0. The Bertz CT molecular complexity index is 269. The number of rotatable bonds is 0. The lowest BCUT2D eigenvalue weighted by atomic mass is 10.4. The van der Waals surface area contributed by atoms with E-state index in [1.165, 1.54) is 6.40 Å². The summed E-state index contributed by atoms with van der Waals surface area (Å²) in [7, 11) is 0. The number of para-hydroxylation sites is 2. The Labute approximate surface area is 70.6 Å². The highest BCUT2D eigenvalue weighted by atomic mass is 16.6. The number of aliphatic imine (C=N–C) groups is 1. The van der Waals surface area contributed by atoms with Gasteiger partial charge in [0, 0.05) is 0 Å². The lowest BCUT2D eigenvalue weighted by Gasteiger charge is -1.76. The molecule has 2 aliphatic rings. The molecule has 0 aliphatic carbocycles. The van der Waals surface area contributed by atoms with Crippen LogP contribution in [0.15, 0.2) is 29.3 Å². The summed E-state index contributed by atoms with van der Waals surface area (Å²) in [6, 6.07) is 7.84. The second-order valence-electron chi connectivity index (χ2n) is 2.43. The van der Waals surface area contributed by atoms with Crippen LogP contribution < -0.4 is 4.74 Å². The second kappa shape index (κ2) is 3.26. The summed E-state index contributed by atoms with van der Waals surface area (Å²) < 4.78 is 9.59. The van der Waals surface area contributed by atoms with Crippen LogP contribution in [0, 0.1) is 0 Å². The van der Waals surface area contributed by atoms with Crippen LogP contribution in [0.2, 0.25) is 0 Å². The Morgan fingerprint density at radius 1 is 1.17 bits per heavy atom. The first-order chi connectivity index (χ1) is 5.97. The van der Waals surface area contributed by atoms with E-state index >= 15 is 0 Å². The standard InChI is InChI=1S/C6H4O.C3H5NO/c1-2-4-6-5(3-1)7-6;1-2-5-3-4-1/h1-4H;3H,1-2H2. The first-order valence-corrected chi connectivity index (χ1v) is 3.83. The lowest BCUT2D eigenvalue weighted by Crippen LogP contribution is -1.80. The summed E-state index contributed by atoms with van der Waals surface area (Å²) in [6.45, 7) is 1.62. The molecule has 0 atom stereocenters. The van der Waals surface area contributed by atoms with Gasteiger partial charge in [-0.25, -0.2) is 0 Å². The average molecular weight is 163 g/mol. The first-order valence-electron chi connectivity index (χ1n) is 3.83. The third kappa shape index (κ3) is 1.75. The van der Waals surface area contributed by atoms with Gasteiger partial charge in [0.15, 0.2) is 17.9 Å². The predicted molar refractivity (Wildman–Crippen MR) is 45.8 cm³/mol. The largest absolute Gasteiger partial charge is 0.482 e. The minimum Gasteiger partial charge on any atom is -0.482 e. The van der Waals surface area contributed by atoms with Crippen molar-refractivity contribution in [3.05, 3.63) is 24.3 Å². The summed E-state index contributed by atoms with van der Waals surface area (Å²) in [4.78, 5) is 3.74. The number of fused-ring (bicyclic) bond motifs is 1. The fourth-order valence-corrected chi connectivity index (χ4v) is 0.875. The Morgan fingerprint density at radius 3 is 2.25 bits per heavy atom. The number of nitrogens with zero attached hydrogens (tertiary/aromatic N) is 1. The van der Waals surface area contributed by atoms with Gasteiger partial charge in [-0.15, -0.1) is 0 Å². The molecule has 0 spiro atoms. The van der Waals surface area contributed by atoms with Crippen LogP contribution in [0.1, 0.15) is 0 Å². The SMILES string of the molecule is C1=NCCO1.c1ccc2c(c1)O2. The molecular weight excluding hydrogens is 154 g/mol. The fourth-order valence-electron chi connectivity index (χ4n) is 0.875. The zero-order valence-electron chi connectivity index (χ0n) is 6.56. The van der Waals surface area contributed by atoms with Crippen molar-refractivity contribution >= 4 is 6.40 Å². The van der Waals surface area contributed by atoms with Gasteiger partial charge >= 0.3 is 0 Å². The van der Waals surface area contributed by atoms with Gasteiger partial charge in [0.05, 0.1) is 6.54 Å². The van der Waals surface area contributed by atoms with Crippen LogP contribution in [0.4, 0.5) is 0 Å². The summed E-state index contributed by atoms with van der Waals surface area (Å²) in [6.07, 6.45) is 1.49. The summed E-state index contributed by atoms with van der Waals surface area (Å²) in [5.41, 5.74) is 0. The minimum atomic E-state index is 0.778. The molecule has 0 unspecified atom stereocenters. The highest BCUT2D eigenvalue weighted by Gasteiger charge is 2.15. The molecule has 0 aromatic heterocycles. The topological polar surface area (TPSA) is 34.1 Å². The van der Waals surface area contributed by atoms with Crippen molar-refractivity contribution in [3.8, 4) is 11.5 Å². The summed E-state index contributed by atoms with van der Waals surface area (Å²) >= 11 is 0. The molecule has 0 radical (unpaired) electrons. The second-order valence-corrected chi connectivity index (χ2v) is 2.43. The van der Waals surface area contributed by atoms with E-state index in [9.17, 15) is 0 Å². The minimum absolute atomic E-state index is 0.778. The van der Waals surface area contributed by atoms with Crippen molar-refractivity contribution in [2.45, 2.75) is 0 Å². The molecule has 3 heteroatoms. The van der Waals surface area contributed by atoms with Gasteiger partial charge in [0.1, 0.15) is 6.61 Å². The monoisotopic (exact) mass is 163 g/mol. The maximum atomic E-state index is 4.94. The van der Waals surface area contributed by atoms with Gasteiger partial charge in [0.2, 0.25) is 0 Å². The van der Waals surface area contributed by atoms with Crippen molar-refractivity contribution in [1.29, 1.82) is 0 Å². The Hall–Kier alpha value is -1.51. The third-order valence-electron chi connectivity index (χ3n) is 1.51. The molecule has 2 heterocycles. The van der Waals surface area contributed by atoms with E-state index in [1.807, 2.05) is 24.3 Å². The van der Waals surface area contributed by atoms with Crippen LogP contribution in [-0.2, 0) is 4.74 Å². The van der Waals surface area contributed by atoms with E-state index in [0.29, 0.717) is 0 Å². The molecule has 0 fully saturated rings. The van der Waals surface area contributed by atoms with Gasteiger partial charge < -0.3 is 9.47 Å². The lowest BCUT2D eigenvalue weighted by molar-refractivity contribution is 0.361. The first kappa shape index (κ1) is 7.16. The molecule has 0 saturated heterocycles. The van der Waals surface area contributed by atoms with Crippen molar-refractivity contribution in [3.63, 3.8) is 0 Å². The Morgan fingerprint density at radius 2 is 1.92 bits per heavy atom. The number of benzene rings is 1. The van der Waals surface area contributed by atoms with Crippen molar-refractivity contribution in [1.82, 2.24) is 0 Å². The van der Waals surface area contributed by atoms with E-state index in [0.717, 1.165) is 24.7 Å². The fraction of sp³-hybridized carbons (Fsp3) is 0.222. The smallest absolute Gasteiger partial charge is 0.170 e. The maximum Gasteiger partial charge on any atom is 0.170 e. The van der Waals surface area contributed by atoms with E-state index in [1.54, 1.807) is 0 Å². The van der Waals surface area contributed by atoms with Crippen molar-refractivity contribution in [2.24, 2.45) is 4.99 Å². The van der Waals surface area contributed by atoms with Gasteiger partial charge in [0.25, 0.3) is 0 Å². The highest BCUT2D eigenvalue weighted by molar-refractivity contribution is 5.53. The molecule has 0 bridgehead atoms. The van der Waals surface area contributed by atoms with E-state index < -0.39 is 0 Å². The van der Waals surface area contributed by atoms with Gasteiger partial charge in [-0.2, -0.15) is 0 Å². The normalized spacial score (nSPS) is 15.0. The predicted octanol–water partition coefficient (Wildman–Crippen LogP) is 1.84. The molecule has 3 rings (SSSR count). The quantitative estimate of drug-likeness (QED) is 0.555. The summed E-state index contributed by atoms with van der Waals surface area (Å²) in [5, 5.41) is 0. The molecule has 1 aromatic rings. The Balaban J connectivity index is 0.000000100. The Kier molecular flexibility index (Phi) is 1.94. The zero-order chi connectivity index (χ0) is 8.23. The third-order valence-corrected chi connectivity index (χ3v) is 1.51. The molecule has 3 nitrogen and oxygen atoms in total. The summed E-state index contributed by atoms with van der Waals surface area (Å²) in [5.74, 6) is 2.06. The van der Waals surface area contributed by atoms with Crippen LogP contribution in [-0.4, -0.2) is 19.6 Å². The highest BCUT2D eigenvalue weighted by Crippen LogP contribution is 2.43. The van der Waals surface area contributed by atoms with Crippen LogP contribution in [0.25, 0.3) is 0 Å². The molecule has 2 aliphatic heterocycles. The molecule has 0 amide bonds. The molecule has 0 N–H and O–H groups in total. The molecular formula is C9H9NO2. The van der Waals surface area contributed by atoms with Crippen molar-refractivity contribution < 1.29 is 9.47 Å². The average Bonchev–Trinajstić information content (AvgIpc) is 2.64. The van der Waals surface area contributed by atoms with Gasteiger partial charge in [-0.1, -0.05) is 12.1 Å². The van der Waals surface area contributed by atoms with Crippen LogP contribution in [0.3, 0.4) is 0 Å². The van der Waals surface area contributed by atoms with Crippen molar-refractivity contribution in [2.75, 3.05) is 13.2 Å². The molecule has 12 heavy (non-hydrogen) atoms. The van der Waals surface area contributed by atoms with Crippen LogP contribution >= 0.6 is 0 Å². The van der Waals surface area contributed by atoms with Crippen LogP contribution in [0.5, 0.6) is 11.5 Å². The van der Waals surface area contributed by atoms with Gasteiger partial charge in [-0.05, 0) is 12.1 Å². The van der Waals surface area contributed by atoms with E-state index in [2.05, 4.69) is 9.73 Å². The zero-order valence-corrected chi connectivity index (χ0v) is 6.56. The maximum absolute atomic E-state index is 4.94. The van der Waals surface area contributed by atoms with E-state index in [4.69, 9.17) is 4.74 Å². The van der Waals surface area contributed by atoms with E-state index in [-0.39, 0.29) is 0 Å². The number of ether oxygens (including phenoxy) is 2.